The van der Waals surface area contributed by atoms with Gasteiger partial charge >= 0.3 is 0 Å². The van der Waals surface area contributed by atoms with Gasteiger partial charge < -0.3 is 9.26 Å². The summed E-state index contributed by atoms with van der Waals surface area (Å²) in [6, 6.07) is 6.62. The van der Waals surface area contributed by atoms with E-state index in [1.54, 1.807) is 30.5 Å². The van der Waals surface area contributed by atoms with E-state index in [0.29, 0.717) is 18.7 Å². The highest BCUT2D eigenvalue weighted by Crippen LogP contribution is 2.29. The summed E-state index contributed by atoms with van der Waals surface area (Å²) in [5, 5.41) is 3.71. The molecule has 2 heterocycles. The molecule has 1 aromatic heterocycles. The Morgan fingerprint density at radius 1 is 1.35 bits per heavy atom. The number of aromatic nitrogens is 1. The summed E-state index contributed by atoms with van der Waals surface area (Å²) in [7, 11) is -2.13. The fraction of sp³-hybridized carbons (Fsp3) is 0.308. The first-order chi connectivity index (χ1) is 9.63. The molecule has 1 aromatic carbocycles. The molecular weight excluding hydrogens is 280 g/mol. The van der Waals surface area contributed by atoms with Crippen LogP contribution in [0.3, 0.4) is 0 Å². The van der Waals surface area contributed by atoms with Gasteiger partial charge in [0.15, 0.2) is 0 Å². The van der Waals surface area contributed by atoms with Crippen LogP contribution in [0.15, 0.2) is 39.9 Å². The fourth-order valence-electron chi connectivity index (χ4n) is 2.29. The van der Waals surface area contributed by atoms with Crippen molar-refractivity contribution in [1.29, 1.82) is 0 Å². The topological polar surface area (TPSA) is 72.6 Å². The molecule has 2 aromatic rings. The Kier molecular flexibility index (Phi) is 3.23. The second-order valence-electron chi connectivity index (χ2n) is 4.51. The van der Waals surface area contributed by atoms with E-state index in [9.17, 15) is 8.42 Å². The summed E-state index contributed by atoms with van der Waals surface area (Å²) in [6.45, 7) is 0.655. The third-order valence-electron chi connectivity index (χ3n) is 3.35. The number of hydrogen-bond acceptors (Lipinski definition) is 5. The summed E-state index contributed by atoms with van der Waals surface area (Å²) in [6.07, 6.45) is 2.10. The molecule has 7 heteroatoms. The zero-order valence-electron chi connectivity index (χ0n) is 10.9. The van der Waals surface area contributed by atoms with Gasteiger partial charge in [0.05, 0.1) is 13.3 Å². The van der Waals surface area contributed by atoms with E-state index in [0.717, 1.165) is 11.3 Å². The maximum absolute atomic E-state index is 12.7. The van der Waals surface area contributed by atoms with Gasteiger partial charge in [-0.1, -0.05) is 17.3 Å². The molecular formula is C13H14N2O4S. The normalized spacial score (nSPS) is 15.8. The zero-order chi connectivity index (χ0) is 14.2. The Bertz CT molecular complexity index is 723. The molecule has 0 bridgehead atoms. The monoisotopic (exact) mass is 294 g/mol. The molecule has 106 valence electrons. The molecule has 0 radical (unpaired) electrons. The van der Waals surface area contributed by atoms with E-state index in [1.165, 1.54) is 11.4 Å². The number of rotatable bonds is 3. The highest BCUT2D eigenvalue weighted by Gasteiger charge is 2.31. The van der Waals surface area contributed by atoms with Gasteiger partial charge in [0.25, 0.3) is 0 Å². The van der Waals surface area contributed by atoms with Gasteiger partial charge in [0.1, 0.15) is 16.4 Å². The highest BCUT2D eigenvalue weighted by molar-refractivity contribution is 7.89. The minimum atomic E-state index is -3.59. The van der Waals surface area contributed by atoms with Gasteiger partial charge in [-0.05, 0) is 12.1 Å². The number of ether oxygens (including phenoxy) is 1. The number of methoxy groups -OCH3 is 1. The molecule has 3 rings (SSSR count). The van der Waals surface area contributed by atoms with Crippen molar-refractivity contribution < 1.29 is 17.7 Å². The van der Waals surface area contributed by atoms with Gasteiger partial charge in [-0.15, -0.1) is 0 Å². The Labute approximate surface area is 117 Å². The van der Waals surface area contributed by atoms with Crippen molar-refractivity contribution in [2.24, 2.45) is 0 Å². The molecule has 0 spiro atoms. The van der Waals surface area contributed by atoms with Crippen LogP contribution in [-0.4, -0.2) is 31.5 Å². The quantitative estimate of drug-likeness (QED) is 0.856. The van der Waals surface area contributed by atoms with Crippen LogP contribution >= 0.6 is 0 Å². The van der Waals surface area contributed by atoms with Crippen LogP contribution in [0.2, 0.25) is 0 Å². The molecule has 0 saturated carbocycles. The minimum absolute atomic E-state index is 0.183. The van der Waals surface area contributed by atoms with Crippen molar-refractivity contribution in [3.05, 3.63) is 41.8 Å². The number of para-hydroxylation sites is 1. The molecule has 6 nitrogen and oxygen atoms in total. The van der Waals surface area contributed by atoms with Crippen molar-refractivity contribution in [2.45, 2.75) is 17.9 Å². The molecule has 0 aliphatic carbocycles. The van der Waals surface area contributed by atoms with E-state index < -0.39 is 10.0 Å². The van der Waals surface area contributed by atoms with Crippen LogP contribution in [0, 0.1) is 0 Å². The fourth-order valence-corrected chi connectivity index (χ4v) is 3.87. The largest absolute Gasteiger partial charge is 0.495 e. The smallest absolute Gasteiger partial charge is 0.247 e. The molecule has 1 aliphatic heterocycles. The van der Waals surface area contributed by atoms with Gasteiger partial charge in [-0.3, -0.25) is 0 Å². The van der Waals surface area contributed by atoms with Crippen LogP contribution in [0.4, 0.5) is 0 Å². The lowest BCUT2D eigenvalue weighted by molar-refractivity contribution is 0.329. The van der Waals surface area contributed by atoms with E-state index in [2.05, 4.69) is 5.16 Å². The molecule has 0 fully saturated rings. The summed E-state index contributed by atoms with van der Waals surface area (Å²) in [5.74, 6) is 1.11. The first kappa shape index (κ1) is 13.1. The summed E-state index contributed by atoms with van der Waals surface area (Å²) >= 11 is 0. The third kappa shape index (κ3) is 2.08. The maximum atomic E-state index is 12.7. The van der Waals surface area contributed by atoms with Gasteiger partial charge in [-0.25, -0.2) is 8.42 Å². The van der Waals surface area contributed by atoms with E-state index in [1.807, 2.05) is 0 Å². The van der Waals surface area contributed by atoms with Gasteiger partial charge in [-0.2, -0.15) is 4.31 Å². The average molecular weight is 294 g/mol. The Morgan fingerprint density at radius 2 is 2.15 bits per heavy atom. The molecule has 0 amide bonds. The number of benzene rings is 1. The first-order valence-corrected chi connectivity index (χ1v) is 7.62. The van der Waals surface area contributed by atoms with E-state index >= 15 is 0 Å². The predicted octanol–water partition coefficient (Wildman–Crippen LogP) is 1.43. The lowest BCUT2D eigenvalue weighted by atomic mass is 10.1. The Morgan fingerprint density at radius 3 is 2.95 bits per heavy atom. The standard InChI is InChI=1S/C13H14N2O4S/c1-18-12-4-2-3-5-13(12)20(16,17)15-7-6-11-10(9-15)8-14-19-11/h2-5,8H,6-7,9H2,1H3. The van der Waals surface area contributed by atoms with Crippen LogP contribution < -0.4 is 4.74 Å². The molecule has 1 aliphatic rings. The third-order valence-corrected chi connectivity index (χ3v) is 5.24. The van der Waals surface area contributed by atoms with E-state index in [4.69, 9.17) is 9.26 Å². The van der Waals surface area contributed by atoms with Crippen LogP contribution in [0.1, 0.15) is 11.3 Å². The Hall–Kier alpha value is -1.86. The zero-order valence-corrected chi connectivity index (χ0v) is 11.8. The highest BCUT2D eigenvalue weighted by atomic mass is 32.2. The predicted molar refractivity (Wildman–Crippen MR) is 70.8 cm³/mol. The number of nitrogens with zero attached hydrogens (tertiary/aromatic N) is 2. The SMILES string of the molecule is COc1ccccc1S(=O)(=O)N1CCc2oncc2C1. The van der Waals surface area contributed by atoms with Crippen molar-refractivity contribution in [2.75, 3.05) is 13.7 Å². The molecule has 0 unspecified atom stereocenters. The summed E-state index contributed by atoms with van der Waals surface area (Å²) in [5.41, 5.74) is 0.815. The average Bonchev–Trinajstić information content (AvgIpc) is 2.94. The molecule has 20 heavy (non-hydrogen) atoms. The van der Waals surface area contributed by atoms with Crippen LogP contribution in [-0.2, 0) is 23.0 Å². The van der Waals surface area contributed by atoms with Gasteiger partial charge in [0, 0.05) is 25.1 Å². The molecule has 0 atom stereocenters. The lowest BCUT2D eigenvalue weighted by Crippen LogP contribution is -2.35. The summed E-state index contributed by atoms with van der Waals surface area (Å²) in [4.78, 5) is 0.183. The summed E-state index contributed by atoms with van der Waals surface area (Å²) < 4.78 is 37.0. The van der Waals surface area contributed by atoms with Crippen molar-refractivity contribution >= 4 is 10.0 Å². The Balaban J connectivity index is 1.97. The van der Waals surface area contributed by atoms with Crippen LogP contribution in [0.25, 0.3) is 0 Å². The van der Waals surface area contributed by atoms with Crippen molar-refractivity contribution in [1.82, 2.24) is 9.46 Å². The van der Waals surface area contributed by atoms with Crippen molar-refractivity contribution in [3.63, 3.8) is 0 Å². The lowest BCUT2D eigenvalue weighted by Gasteiger charge is -2.25. The first-order valence-electron chi connectivity index (χ1n) is 6.18. The number of hydrogen-bond donors (Lipinski definition) is 0. The molecule has 0 N–H and O–H groups in total. The molecule has 0 saturated heterocycles. The van der Waals surface area contributed by atoms with Crippen LogP contribution in [0.5, 0.6) is 5.75 Å². The second-order valence-corrected chi connectivity index (χ2v) is 6.42. The number of fused-ring (bicyclic) bond motifs is 1. The number of sulfonamides is 1. The van der Waals surface area contributed by atoms with Crippen molar-refractivity contribution in [3.8, 4) is 5.75 Å². The minimum Gasteiger partial charge on any atom is -0.495 e. The van der Waals surface area contributed by atoms with Gasteiger partial charge in [0.2, 0.25) is 10.0 Å². The second kappa shape index (κ2) is 4.92. The van der Waals surface area contributed by atoms with E-state index in [-0.39, 0.29) is 11.4 Å². The maximum Gasteiger partial charge on any atom is 0.247 e.